The minimum Gasteiger partial charge on any atom is -0.354 e. The van der Waals surface area contributed by atoms with E-state index in [1.54, 1.807) is 30.3 Å². The molecule has 0 aromatic heterocycles. The summed E-state index contributed by atoms with van der Waals surface area (Å²) in [6.07, 6.45) is 2.13. The van der Waals surface area contributed by atoms with E-state index in [1.807, 2.05) is 36.1 Å². The van der Waals surface area contributed by atoms with Crippen molar-refractivity contribution in [2.75, 3.05) is 19.6 Å². The topological polar surface area (TPSA) is 78.5 Å². The fourth-order valence-electron chi connectivity index (χ4n) is 3.81. The van der Waals surface area contributed by atoms with E-state index in [9.17, 15) is 14.4 Å². The minimum absolute atomic E-state index is 0.0138. The van der Waals surface area contributed by atoms with Crippen LogP contribution in [0.15, 0.2) is 59.1 Å². The smallest absolute Gasteiger partial charge is 0.253 e. The van der Waals surface area contributed by atoms with Crippen LogP contribution in [0.2, 0.25) is 0 Å². The third-order valence-electron chi connectivity index (χ3n) is 5.52. The van der Waals surface area contributed by atoms with Crippen LogP contribution in [0.3, 0.4) is 0 Å². The number of carbonyl (C=O) groups is 3. The zero-order chi connectivity index (χ0) is 22.2. The van der Waals surface area contributed by atoms with Crippen LogP contribution in [0.1, 0.15) is 46.9 Å². The van der Waals surface area contributed by atoms with Gasteiger partial charge in [-0.2, -0.15) is 0 Å². The Bertz CT molecular complexity index is 911. The van der Waals surface area contributed by atoms with Crippen molar-refractivity contribution >= 4 is 33.7 Å². The van der Waals surface area contributed by atoms with Crippen LogP contribution < -0.4 is 10.6 Å². The van der Waals surface area contributed by atoms with Gasteiger partial charge in [-0.25, -0.2) is 0 Å². The Kier molecular flexibility index (Phi) is 8.23. The summed E-state index contributed by atoms with van der Waals surface area (Å²) in [5, 5.41) is 5.85. The molecule has 1 heterocycles. The van der Waals surface area contributed by atoms with Crippen LogP contribution in [0, 0.1) is 5.92 Å². The number of carbonyl (C=O) groups excluding carboxylic acids is 3. The van der Waals surface area contributed by atoms with Crippen LogP contribution in [0.4, 0.5) is 0 Å². The molecule has 0 saturated carbocycles. The van der Waals surface area contributed by atoms with Crippen molar-refractivity contribution in [3.63, 3.8) is 0 Å². The Hall–Kier alpha value is -2.67. The van der Waals surface area contributed by atoms with E-state index in [-0.39, 0.29) is 23.6 Å². The Labute approximate surface area is 191 Å². The average molecular weight is 486 g/mol. The highest BCUT2D eigenvalue weighted by molar-refractivity contribution is 9.10. The zero-order valence-corrected chi connectivity index (χ0v) is 19.2. The van der Waals surface area contributed by atoms with E-state index in [4.69, 9.17) is 0 Å². The molecule has 1 unspecified atom stereocenters. The van der Waals surface area contributed by atoms with Gasteiger partial charge in [0, 0.05) is 35.2 Å². The van der Waals surface area contributed by atoms with Gasteiger partial charge in [0.15, 0.2) is 0 Å². The second kappa shape index (κ2) is 11.1. The van der Waals surface area contributed by atoms with Crippen molar-refractivity contribution in [3.05, 3.63) is 70.2 Å². The molecule has 164 valence electrons. The van der Waals surface area contributed by atoms with E-state index < -0.39 is 6.04 Å². The van der Waals surface area contributed by atoms with Gasteiger partial charge >= 0.3 is 0 Å². The summed E-state index contributed by atoms with van der Waals surface area (Å²) in [5.41, 5.74) is 1.17. The first-order valence-electron chi connectivity index (χ1n) is 10.7. The zero-order valence-electron chi connectivity index (χ0n) is 17.6. The number of hydrogen-bond acceptors (Lipinski definition) is 3. The summed E-state index contributed by atoms with van der Waals surface area (Å²) in [6.45, 7) is 3.66. The molecule has 6 nitrogen and oxygen atoms in total. The second-order valence-corrected chi connectivity index (χ2v) is 8.66. The largest absolute Gasteiger partial charge is 0.354 e. The van der Waals surface area contributed by atoms with E-state index in [0.717, 1.165) is 10.9 Å². The molecule has 0 radical (unpaired) electrons. The molecule has 3 amide bonds. The lowest BCUT2D eigenvalue weighted by Crippen LogP contribution is -2.54. The number of benzene rings is 2. The third-order valence-corrected chi connectivity index (χ3v) is 6.02. The van der Waals surface area contributed by atoms with Crippen LogP contribution in [0.5, 0.6) is 0 Å². The first kappa shape index (κ1) is 23.0. The van der Waals surface area contributed by atoms with Crippen LogP contribution >= 0.6 is 15.9 Å². The molecule has 0 spiro atoms. The number of nitrogens with zero attached hydrogens (tertiary/aromatic N) is 1. The lowest BCUT2D eigenvalue weighted by molar-refractivity contribution is -0.124. The van der Waals surface area contributed by atoms with Gasteiger partial charge in [0.25, 0.3) is 11.8 Å². The summed E-state index contributed by atoms with van der Waals surface area (Å²) < 4.78 is 0.865. The standard InChI is InChI=1S/C24H28BrN3O3/c1-2-13-26-23(30)21(27-22(29)18-7-4-3-5-8-18)17-11-14-28(15-12-17)24(31)19-9-6-10-20(25)16-19/h3-10,16-17,21H,2,11-15H2,1H3,(H,26,30)(H,27,29). The molecule has 2 N–H and O–H groups in total. The van der Waals surface area contributed by atoms with E-state index >= 15 is 0 Å². The molecular formula is C24H28BrN3O3. The molecule has 1 aliphatic rings. The van der Waals surface area contributed by atoms with Crippen molar-refractivity contribution in [3.8, 4) is 0 Å². The quantitative estimate of drug-likeness (QED) is 0.628. The summed E-state index contributed by atoms with van der Waals surface area (Å²) in [5.74, 6) is -0.469. The molecule has 3 rings (SSSR count). The van der Waals surface area contributed by atoms with Crippen LogP contribution in [-0.4, -0.2) is 48.3 Å². The van der Waals surface area contributed by atoms with E-state index in [0.29, 0.717) is 43.6 Å². The van der Waals surface area contributed by atoms with Crippen molar-refractivity contribution in [2.45, 2.75) is 32.2 Å². The van der Waals surface area contributed by atoms with E-state index in [2.05, 4.69) is 26.6 Å². The predicted octanol–water partition coefficient (Wildman–Crippen LogP) is 3.63. The number of hydrogen-bond donors (Lipinski definition) is 2. The van der Waals surface area contributed by atoms with Gasteiger partial charge in [0.2, 0.25) is 5.91 Å². The number of nitrogens with one attached hydrogen (secondary N) is 2. The van der Waals surface area contributed by atoms with Gasteiger partial charge in [-0.05, 0) is 55.5 Å². The fourth-order valence-corrected chi connectivity index (χ4v) is 4.21. The highest BCUT2D eigenvalue weighted by atomic mass is 79.9. The molecule has 31 heavy (non-hydrogen) atoms. The van der Waals surface area contributed by atoms with Gasteiger partial charge in [0.1, 0.15) is 6.04 Å². The van der Waals surface area contributed by atoms with Gasteiger partial charge in [0.05, 0.1) is 0 Å². The number of halogens is 1. The predicted molar refractivity (Wildman–Crippen MR) is 124 cm³/mol. The maximum absolute atomic E-state index is 12.8. The summed E-state index contributed by atoms with van der Waals surface area (Å²) >= 11 is 3.41. The monoisotopic (exact) mass is 485 g/mol. The van der Waals surface area contributed by atoms with Gasteiger partial charge in [-0.15, -0.1) is 0 Å². The first-order chi connectivity index (χ1) is 15.0. The molecule has 0 aliphatic carbocycles. The molecule has 1 fully saturated rings. The maximum atomic E-state index is 12.8. The third kappa shape index (κ3) is 6.17. The molecular weight excluding hydrogens is 458 g/mol. The van der Waals surface area contributed by atoms with Crippen molar-refractivity contribution in [2.24, 2.45) is 5.92 Å². The normalized spacial score (nSPS) is 15.2. The minimum atomic E-state index is -0.623. The maximum Gasteiger partial charge on any atom is 0.253 e. The first-order valence-corrected chi connectivity index (χ1v) is 11.5. The van der Waals surface area contributed by atoms with E-state index in [1.165, 1.54) is 0 Å². The SMILES string of the molecule is CCCNC(=O)C(NC(=O)c1ccccc1)C1CCN(C(=O)c2cccc(Br)c2)CC1. The number of rotatable bonds is 7. The Morgan fingerprint density at radius 1 is 1.03 bits per heavy atom. The average Bonchev–Trinajstić information content (AvgIpc) is 2.81. The molecule has 7 heteroatoms. The highest BCUT2D eigenvalue weighted by Gasteiger charge is 2.34. The lowest BCUT2D eigenvalue weighted by atomic mass is 9.88. The number of likely N-dealkylation sites (tertiary alicyclic amines) is 1. The summed E-state index contributed by atoms with van der Waals surface area (Å²) in [7, 11) is 0. The Morgan fingerprint density at radius 2 is 1.71 bits per heavy atom. The molecule has 1 aliphatic heterocycles. The summed E-state index contributed by atoms with van der Waals surface area (Å²) in [6, 6.07) is 15.6. The molecule has 1 atom stereocenters. The molecule has 2 aromatic carbocycles. The van der Waals surface area contributed by atoms with Crippen LogP contribution in [0.25, 0.3) is 0 Å². The highest BCUT2D eigenvalue weighted by Crippen LogP contribution is 2.23. The van der Waals surface area contributed by atoms with Crippen LogP contribution in [-0.2, 0) is 4.79 Å². The van der Waals surface area contributed by atoms with Gasteiger partial charge < -0.3 is 15.5 Å². The second-order valence-electron chi connectivity index (χ2n) is 7.75. The lowest BCUT2D eigenvalue weighted by Gasteiger charge is -2.36. The molecule has 2 aromatic rings. The van der Waals surface area contributed by atoms with Gasteiger partial charge in [-0.1, -0.05) is 47.1 Å². The van der Waals surface area contributed by atoms with Crippen molar-refractivity contribution < 1.29 is 14.4 Å². The Morgan fingerprint density at radius 3 is 2.35 bits per heavy atom. The summed E-state index contributed by atoms with van der Waals surface area (Å²) in [4.78, 5) is 40.2. The fraction of sp³-hybridized carbons (Fsp3) is 0.375. The number of amides is 3. The Balaban J connectivity index is 1.66. The van der Waals surface area contributed by atoms with Crippen molar-refractivity contribution in [1.82, 2.24) is 15.5 Å². The molecule has 1 saturated heterocycles. The van der Waals surface area contributed by atoms with Gasteiger partial charge in [-0.3, -0.25) is 14.4 Å². The van der Waals surface area contributed by atoms with Crippen molar-refractivity contribution in [1.29, 1.82) is 0 Å². The number of piperidine rings is 1. The molecule has 0 bridgehead atoms.